The maximum Gasteiger partial charge on any atom is 0.0601 e. The second-order valence-electron chi connectivity index (χ2n) is 9.55. The van der Waals surface area contributed by atoms with Crippen LogP contribution in [0, 0.1) is 27.7 Å². The largest absolute Gasteiger partial charge is 0.308 e. The van der Waals surface area contributed by atoms with Gasteiger partial charge in [-0.25, -0.2) is 0 Å². The molecule has 36 heavy (non-hydrogen) atoms. The van der Waals surface area contributed by atoms with Crippen molar-refractivity contribution in [2.24, 2.45) is 0 Å². The number of rotatable bonds is 3. The zero-order valence-electron chi connectivity index (χ0n) is 21.0. The van der Waals surface area contributed by atoms with Gasteiger partial charge in [-0.05, 0) is 109 Å². The number of anilines is 3. The number of hydrogen-bond acceptors (Lipinski definition) is 3. The molecule has 0 saturated heterocycles. The molecule has 3 heteroatoms. The molecule has 1 aromatic heterocycles. The van der Waals surface area contributed by atoms with Gasteiger partial charge in [-0.3, -0.25) is 4.98 Å². The molecule has 2 heterocycles. The molecule has 1 aliphatic heterocycles. The van der Waals surface area contributed by atoms with Crippen molar-refractivity contribution in [3.05, 3.63) is 120 Å². The number of aryl methyl sites for hydroxylation is 4. The quantitative estimate of drug-likeness (QED) is 0.249. The molecular formula is C33H28N2S. The van der Waals surface area contributed by atoms with Crippen LogP contribution in [0.5, 0.6) is 0 Å². The average Bonchev–Trinajstić information content (AvgIpc) is 2.90. The lowest BCUT2D eigenvalue weighted by Crippen LogP contribution is -2.16. The van der Waals surface area contributed by atoms with Crippen molar-refractivity contribution in [3.8, 4) is 22.3 Å². The molecule has 6 rings (SSSR count). The maximum atomic E-state index is 4.32. The lowest BCUT2D eigenvalue weighted by molar-refractivity contribution is 1.15. The van der Waals surface area contributed by atoms with E-state index >= 15 is 0 Å². The van der Waals surface area contributed by atoms with Crippen LogP contribution in [0.3, 0.4) is 0 Å². The minimum absolute atomic E-state index is 1.16. The van der Waals surface area contributed by atoms with Crippen LogP contribution in [-0.4, -0.2) is 4.98 Å². The maximum absolute atomic E-state index is 4.32. The Morgan fingerprint density at radius 2 is 1.11 bits per heavy atom. The standard InChI is InChI=1S/C33H28N2S/c1-21-17-27(22(2)16-26(21)25-10-9-15-34-20-25)28-18-24(4)31(19-23(28)3)35-29-11-5-7-13-32(29)36-33-14-8-6-12-30(33)35/h5-20H,1-4H3. The molecule has 0 bridgehead atoms. The molecule has 1 aliphatic rings. The highest BCUT2D eigenvalue weighted by Crippen LogP contribution is 2.52. The van der Waals surface area contributed by atoms with E-state index < -0.39 is 0 Å². The smallest absolute Gasteiger partial charge is 0.0601 e. The fourth-order valence-corrected chi connectivity index (χ4v) is 6.29. The number of benzene rings is 4. The normalized spacial score (nSPS) is 12.3. The molecule has 0 atom stereocenters. The summed E-state index contributed by atoms with van der Waals surface area (Å²) in [5.74, 6) is 0. The van der Waals surface area contributed by atoms with Gasteiger partial charge in [0.2, 0.25) is 0 Å². The minimum Gasteiger partial charge on any atom is -0.308 e. The Morgan fingerprint density at radius 3 is 1.75 bits per heavy atom. The van der Waals surface area contributed by atoms with E-state index in [1.807, 2.05) is 30.2 Å². The summed E-state index contributed by atoms with van der Waals surface area (Å²) in [4.78, 5) is 9.32. The monoisotopic (exact) mass is 484 g/mol. The van der Waals surface area contributed by atoms with E-state index in [1.54, 1.807) is 0 Å². The number of fused-ring (bicyclic) bond motifs is 2. The molecule has 4 aromatic carbocycles. The summed E-state index contributed by atoms with van der Waals surface area (Å²) in [6, 6.07) is 30.9. The van der Waals surface area contributed by atoms with Gasteiger partial charge in [-0.15, -0.1) is 0 Å². The second kappa shape index (κ2) is 9.00. The number of hydrogen-bond donors (Lipinski definition) is 0. The molecule has 0 aliphatic carbocycles. The summed E-state index contributed by atoms with van der Waals surface area (Å²) in [6.07, 6.45) is 3.77. The van der Waals surface area contributed by atoms with Gasteiger partial charge in [0.25, 0.3) is 0 Å². The molecular weight excluding hydrogens is 456 g/mol. The number of nitrogens with zero attached hydrogens (tertiary/aromatic N) is 2. The SMILES string of the molecule is Cc1cc(-c2cc(C)c(N3c4ccccc4Sc4ccccc43)cc2C)c(C)cc1-c1cccnc1. The van der Waals surface area contributed by atoms with E-state index in [1.165, 1.54) is 65.8 Å². The number of aromatic nitrogens is 1. The van der Waals surface area contributed by atoms with Crippen LogP contribution >= 0.6 is 11.8 Å². The van der Waals surface area contributed by atoms with Gasteiger partial charge >= 0.3 is 0 Å². The molecule has 0 fully saturated rings. The first kappa shape index (κ1) is 22.6. The van der Waals surface area contributed by atoms with Crippen molar-refractivity contribution < 1.29 is 0 Å². The van der Waals surface area contributed by atoms with E-state index in [-0.39, 0.29) is 0 Å². The van der Waals surface area contributed by atoms with Crippen molar-refractivity contribution in [3.63, 3.8) is 0 Å². The van der Waals surface area contributed by atoms with E-state index in [9.17, 15) is 0 Å². The summed E-state index contributed by atoms with van der Waals surface area (Å²) >= 11 is 1.85. The third-order valence-corrected chi connectivity index (χ3v) is 8.18. The van der Waals surface area contributed by atoms with Gasteiger partial charge in [0.05, 0.1) is 11.4 Å². The van der Waals surface area contributed by atoms with E-state index in [2.05, 4.69) is 116 Å². The second-order valence-corrected chi connectivity index (χ2v) is 10.6. The minimum atomic E-state index is 1.16. The Kier molecular flexibility index (Phi) is 5.66. The molecule has 5 aromatic rings. The van der Waals surface area contributed by atoms with Crippen LogP contribution in [0.25, 0.3) is 22.3 Å². The lowest BCUT2D eigenvalue weighted by Gasteiger charge is -2.34. The van der Waals surface area contributed by atoms with Crippen LogP contribution < -0.4 is 4.90 Å². The molecule has 0 unspecified atom stereocenters. The highest BCUT2D eigenvalue weighted by molar-refractivity contribution is 7.99. The van der Waals surface area contributed by atoms with Crippen LogP contribution in [0.4, 0.5) is 17.1 Å². The van der Waals surface area contributed by atoms with E-state index in [4.69, 9.17) is 0 Å². The van der Waals surface area contributed by atoms with Crippen molar-refractivity contribution in [2.45, 2.75) is 37.5 Å². The number of pyridine rings is 1. The summed E-state index contributed by atoms with van der Waals surface area (Å²) in [5.41, 5.74) is 13.8. The van der Waals surface area contributed by atoms with Crippen LogP contribution in [0.15, 0.2) is 107 Å². The summed E-state index contributed by atoms with van der Waals surface area (Å²) in [6.45, 7) is 8.88. The molecule has 0 amide bonds. The fraction of sp³-hybridized carbons (Fsp3) is 0.121. The topological polar surface area (TPSA) is 16.1 Å². The van der Waals surface area contributed by atoms with Gasteiger partial charge in [0, 0.05) is 33.4 Å². The van der Waals surface area contributed by atoms with Crippen molar-refractivity contribution in [2.75, 3.05) is 4.90 Å². The number of para-hydroxylation sites is 2. The zero-order chi connectivity index (χ0) is 24.8. The van der Waals surface area contributed by atoms with Gasteiger partial charge in [0.1, 0.15) is 0 Å². The van der Waals surface area contributed by atoms with E-state index in [0.717, 1.165) is 5.56 Å². The van der Waals surface area contributed by atoms with Crippen molar-refractivity contribution >= 4 is 28.8 Å². The van der Waals surface area contributed by atoms with Crippen LogP contribution in [-0.2, 0) is 0 Å². The lowest BCUT2D eigenvalue weighted by atomic mass is 9.89. The predicted molar refractivity (Wildman–Crippen MR) is 153 cm³/mol. The van der Waals surface area contributed by atoms with E-state index in [0.29, 0.717) is 0 Å². The molecule has 2 nitrogen and oxygen atoms in total. The first-order valence-corrected chi connectivity index (χ1v) is 13.1. The van der Waals surface area contributed by atoms with Gasteiger partial charge in [0.15, 0.2) is 0 Å². The van der Waals surface area contributed by atoms with Crippen LogP contribution in [0.1, 0.15) is 22.3 Å². The molecule has 176 valence electrons. The highest BCUT2D eigenvalue weighted by atomic mass is 32.2. The fourth-order valence-electron chi connectivity index (χ4n) is 5.24. The molecule has 0 saturated carbocycles. The highest BCUT2D eigenvalue weighted by Gasteiger charge is 2.26. The Bertz CT molecular complexity index is 1560. The summed E-state index contributed by atoms with van der Waals surface area (Å²) in [5, 5.41) is 0. The van der Waals surface area contributed by atoms with Crippen LogP contribution in [0.2, 0.25) is 0 Å². The molecule has 0 N–H and O–H groups in total. The van der Waals surface area contributed by atoms with Gasteiger partial charge < -0.3 is 4.90 Å². The Balaban J connectivity index is 1.48. The van der Waals surface area contributed by atoms with Gasteiger partial charge in [-0.1, -0.05) is 54.2 Å². The molecule has 0 spiro atoms. The zero-order valence-corrected chi connectivity index (χ0v) is 21.9. The van der Waals surface area contributed by atoms with Crippen molar-refractivity contribution in [1.82, 2.24) is 4.98 Å². The summed E-state index contributed by atoms with van der Waals surface area (Å²) < 4.78 is 0. The molecule has 0 radical (unpaired) electrons. The van der Waals surface area contributed by atoms with Gasteiger partial charge in [-0.2, -0.15) is 0 Å². The average molecular weight is 485 g/mol. The third kappa shape index (κ3) is 3.81. The first-order chi connectivity index (χ1) is 17.5. The summed E-state index contributed by atoms with van der Waals surface area (Å²) in [7, 11) is 0. The Hall–Kier alpha value is -3.82. The Morgan fingerprint density at radius 1 is 0.556 bits per heavy atom. The Labute approximate surface area is 217 Å². The first-order valence-electron chi connectivity index (χ1n) is 12.3. The third-order valence-electron chi connectivity index (χ3n) is 7.05. The predicted octanol–water partition coefficient (Wildman–Crippen LogP) is 9.58. The van der Waals surface area contributed by atoms with Crippen molar-refractivity contribution in [1.29, 1.82) is 0 Å².